The van der Waals surface area contributed by atoms with Crippen molar-refractivity contribution in [2.24, 2.45) is 11.8 Å². The van der Waals surface area contributed by atoms with Crippen LogP contribution in [0.2, 0.25) is 0 Å². The number of nitrogens with zero attached hydrogens (tertiary/aromatic N) is 1. The molecule has 1 fully saturated rings. The van der Waals surface area contributed by atoms with Gasteiger partial charge in [0.05, 0.1) is 12.6 Å². The highest BCUT2D eigenvalue weighted by atomic mass is 32.2. The van der Waals surface area contributed by atoms with Gasteiger partial charge in [0, 0.05) is 11.3 Å². The second-order valence-corrected chi connectivity index (χ2v) is 9.86. The van der Waals surface area contributed by atoms with Crippen molar-refractivity contribution in [1.82, 2.24) is 15.5 Å². The number of hydrogen-bond donors (Lipinski definition) is 3. The summed E-state index contributed by atoms with van der Waals surface area (Å²) in [5, 5.41) is 15.1. The predicted molar refractivity (Wildman–Crippen MR) is 117 cm³/mol. The molecule has 3 N–H and O–H groups in total. The van der Waals surface area contributed by atoms with Crippen LogP contribution in [0.15, 0.2) is 24.3 Å². The SMILES string of the molecule is CC(C)C[C@@H](CO)NC(=O)[C@@H](NC(=O)[C@@H]1CSC2c3ccccc3C(=O)N21)C(C)C. The molecular formula is C22H31N3O4S. The van der Waals surface area contributed by atoms with Crippen molar-refractivity contribution in [3.8, 4) is 0 Å². The Morgan fingerprint density at radius 1 is 1.20 bits per heavy atom. The fraction of sp³-hybridized carbons (Fsp3) is 0.591. The Morgan fingerprint density at radius 3 is 2.53 bits per heavy atom. The Balaban J connectivity index is 1.69. The highest BCUT2D eigenvalue weighted by molar-refractivity contribution is 7.99. The number of fused-ring (bicyclic) bond motifs is 3. The maximum absolute atomic E-state index is 13.1. The molecule has 2 heterocycles. The normalized spacial score (nSPS) is 22.1. The van der Waals surface area contributed by atoms with Crippen molar-refractivity contribution < 1.29 is 19.5 Å². The molecule has 0 aromatic heterocycles. The molecule has 1 saturated heterocycles. The van der Waals surface area contributed by atoms with Gasteiger partial charge < -0.3 is 20.6 Å². The molecule has 1 aromatic carbocycles. The van der Waals surface area contributed by atoms with E-state index in [1.807, 2.05) is 45.9 Å². The molecule has 0 bridgehead atoms. The summed E-state index contributed by atoms with van der Waals surface area (Å²) in [6.07, 6.45) is 0.655. The smallest absolute Gasteiger partial charge is 0.256 e. The molecule has 164 valence electrons. The number of carbonyl (C=O) groups excluding carboxylic acids is 3. The second-order valence-electron chi connectivity index (χ2n) is 8.75. The van der Waals surface area contributed by atoms with Crippen LogP contribution in [0.25, 0.3) is 0 Å². The minimum absolute atomic E-state index is 0.135. The number of hydrogen-bond acceptors (Lipinski definition) is 5. The summed E-state index contributed by atoms with van der Waals surface area (Å²) in [4.78, 5) is 40.4. The number of amides is 3. The van der Waals surface area contributed by atoms with Crippen LogP contribution in [0.1, 0.15) is 55.4 Å². The van der Waals surface area contributed by atoms with E-state index in [-0.39, 0.29) is 41.7 Å². The molecule has 30 heavy (non-hydrogen) atoms. The number of rotatable bonds is 8. The monoisotopic (exact) mass is 433 g/mol. The van der Waals surface area contributed by atoms with Gasteiger partial charge in [0.2, 0.25) is 11.8 Å². The molecule has 0 aliphatic carbocycles. The van der Waals surface area contributed by atoms with Gasteiger partial charge in [0.15, 0.2) is 0 Å². The van der Waals surface area contributed by atoms with Gasteiger partial charge >= 0.3 is 0 Å². The van der Waals surface area contributed by atoms with E-state index in [9.17, 15) is 19.5 Å². The fourth-order valence-corrected chi connectivity index (χ4v) is 5.53. The van der Waals surface area contributed by atoms with Crippen molar-refractivity contribution in [3.05, 3.63) is 35.4 Å². The van der Waals surface area contributed by atoms with E-state index in [0.29, 0.717) is 23.7 Å². The third-order valence-electron chi connectivity index (χ3n) is 5.56. The quantitative estimate of drug-likeness (QED) is 0.582. The lowest BCUT2D eigenvalue weighted by Crippen LogP contribution is -2.56. The zero-order chi connectivity index (χ0) is 22.0. The summed E-state index contributed by atoms with van der Waals surface area (Å²) in [6.45, 7) is 7.63. The molecule has 1 aromatic rings. The molecule has 0 spiro atoms. The van der Waals surface area contributed by atoms with Crippen LogP contribution >= 0.6 is 11.8 Å². The number of nitrogens with one attached hydrogen (secondary N) is 2. The Kier molecular flexibility index (Phi) is 7.08. The van der Waals surface area contributed by atoms with Crippen molar-refractivity contribution in [2.75, 3.05) is 12.4 Å². The summed E-state index contributed by atoms with van der Waals surface area (Å²) in [6, 6.07) is 5.75. The van der Waals surface area contributed by atoms with Gasteiger partial charge in [-0.05, 0) is 29.9 Å². The molecule has 2 aliphatic rings. The maximum atomic E-state index is 13.1. The number of carbonyl (C=O) groups is 3. The first-order valence-electron chi connectivity index (χ1n) is 10.5. The Bertz CT molecular complexity index is 813. The van der Waals surface area contributed by atoms with E-state index in [4.69, 9.17) is 0 Å². The largest absolute Gasteiger partial charge is 0.394 e. The molecule has 4 atom stereocenters. The maximum Gasteiger partial charge on any atom is 0.256 e. The molecule has 1 unspecified atom stereocenters. The van der Waals surface area contributed by atoms with E-state index in [1.54, 1.807) is 22.7 Å². The summed E-state index contributed by atoms with van der Waals surface area (Å²) in [5.74, 6) is -0.0759. The first-order chi connectivity index (χ1) is 14.2. The van der Waals surface area contributed by atoms with Gasteiger partial charge in [0.25, 0.3) is 5.91 Å². The lowest BCUT2D eigenvalue weighted by atomic mass is 10.0. The van der Waals surface area contributed by atoms with E-state index in [0.717, 1.165) is 5.56 Å². The summed E-state index contributed by atoms with van der Waals surface area (Å²) in [5.41, 5.74) is 1.59. The van der Waals surface area contributed by atoms with E-state index in [1.165, 1.54) is 0 Å². The van der Waals surface area contributed by atoms with Crippen LogP contribution < -0.4 is 10.6 Å². The molecule has 0 radical (unpaired) electrons. The van der Waals surface area contributed by atoms with Gasteiger partial charge in [0.1, 0.15) is 17.5 Å². The standard InChI is InChI=1S/C22H31N3O4S/c1-12(2)9-14(10-26)23-20(28)18(13(3)4)24-19(27)17-11-30-22-16-8-6-5-7-15(16)21(29)25(17)22/h5-8,12-14,17-18,22,26H,9-11H2,1-4H3,(H,23,28)(H,24,27)/t14-,17-,18-,22?/m0/s1. The average Bonchev–Trinajstić information content (AvgIpc) is 3.25. The lowest BCUT2D eigenvalue weighted by molar-refractivity contribution is -0.132. The molecule has 2 aliphatic heterocycles. The van der Waals surface area contributed by atoms with Crippen LogP contribution in [0.5, 0.6) is 0 Å². The summed E-state index contributed by atoms with van der Waals surface area (Å²) < 4.78 is 0. The van der Waals surface area contributed by atoms with Gasteiger partial charge in [-0.25, -0.2) is 0 Å². The molecule has 8 heteroatoms. The molecule has 3 amide bonds. The zero-order valence-electron chi connectivity index (χ0n) is 17.9. The highest BCUT2D eigenvalue weighted by Crippen LogP contribution is 2.48. The Hall–Kier alpha value is -2.06. The van der Waals surface area contributed by atoms with Crippen LogP contribution in [0.4, 0.5) is 0 Å². The molecule has 3 rings (SSSR count). The second kappa shape index (κ2) is 9.39. The summed E-state index contributed by atoms with van der Waals surface area (Å²) >= 11 is 1.57. The minimum atomic E-state index is -0.733. The van der Waals surface area contributed by atoms with Crippen LogP contribution in [-0.2, 0) is 9.59 Å². The summed E-state index contributed by atoms with van der Waals surface area (Å²) in [7, 11) is 0. The number of aliphatic hydroxyl groups excluding tert-OH is 1. The predicted octanol–water partition coefficient (Wildman–Crippen LogP) is 1.92. The topological polar surface area (TPSA) is 98.7 Å². The lowest BCUT2D eigenvalue weighted by Gasteiger charge is -2.28. The third kappa shape index (κ3) is 4.49. The third-order valence-corrected chi connectivity index (χ3v) is 6.87. The Labute approximate surface area is 182 Å². The minimum Gasteiger partial charge on any atom is -0.394 e. The Morgan fingerprint density at radius 2 is 1.90 bits per heavy atom. The van der Waals surface area contributed by atoms with Gasteiger partial charge in [-0.3, -0.25) is 14.4 Å². The van der Waals surface area contributed by atoms with E-state index in [2.05, 4.69) is 10.6 Å². The number of aliphatic hydroxyl groups is 1. The number of benzene rings is 1. The van der Waals surface area contributed by atoms with Crippen molar-refractivity contribution in [1.29, 1.82) is 0 Å². The van der Waals surface area contributed by atoms with Gasteiger partial charge in [-0.15, -0.1) is 11.8 Å². The molecular weight excluding hydrogens is 402 g/mol. The molecule has 0 saturated carbocycles. The first kappa shape index (κ1) is 22.6. The van der Waals surface area contributed by atoms with E-state index >= 15 is 0 Å². The van der Waals surface area contributed by atoms with E-state index < -0.39 is 12.1 Å². The van der Waals surface area contributed by atoms with Crippen LogP contribution in [0.3, 0.4) is 0 Å². The van der Waals surface area contributed by atoms with Crippen LogP contribution in [0, 0.1) is 11.8 Å². The van der Waals surface area contributed by atoms with Crippen molar-refractivity contribution >= 4 is 29.5 Å². The highest BCUT2D eigenvalue weighted by Gasteiger charge is 2.48. The van der Waals surface area contributed by atoms with Crippen LogP contribution in [-0.4, -0.2) is 58.2 Å². The fourth-order valence-electron chi connectivity index (χ4n) is 4.07. The van der Waals surface area contributed by atoms with Gasteiger partial charge in [-0.2, -0.15) is 0 Å². The van der Waals surface area contributed by atoms with Crippen molar-refractivity contribution in [3.63, 3.8) is 0 Å². The molecule has 7 nitrogen and oxygen atoms in total. The van der Waals surface area contributed by atoms with Gasteiger partial charge in [-0.1, -0.05) is 45.9 Å². The van der Waals surface area contributed by atoms with Crippen molar-refractivity contribution in [2.45, 2.75) is 57.6 Å². The average molecular weight is 434 g/mol. The number of thioether (sulfide) groups is 1. The first-order valence-corrected chi connectivity index (χ1v) is 11.5. The zero-order valence-corrected chi connectivity index (χ0v) is 18.7.